The SMILES string of the molecule is CCCC/C=C\C/C=C\CCCCCCCC(=O)NC(COC1OC(CO)C(O)C(O)C1O)C(O)CCCCCCCCCCCCCCCCCCCCCCCCCCCCCCCCC. The maximum atomic E-state index is 13.0. The Morgan fingerprint density at radius 3 is 1.31 bits per heavy atom. The summed E-state index contributed by atoms with van der Waals surface area (Å²) in [6.07, 6.45) is 55.1. The summed E-state index contributed by atoms with van der Waals surface area (Å²) >= 11 is 0. The normalized spacial score (nSPS) is 19.7. The van der Waals surface area contributed by atoms with Crippen LogP contribution in [0.15, 0.2) is 24.3 Å². The van der Waals surface area contributed by atoms with Gasteiger partial charge in [-0.1, -0.05) is 269 Å². The van der Waals surface area contributed by atoms with E-state index in [0.717, 1.165) is 64.2 Å². The number of rotatable bonds is 51. The fourth-order valence-electron chi connectivity index (χ4n) is 9.59. The molecule has 0 bridgehead atoms. The Labute approximate surface area is 419 Å². The van der Waals surface area contributed by atoms with E-state index in [4.69, 9.17) is 9.47 Å². The predicted octanol–water partition coefficient (Wildman–Crippen LogP) is 14.6. The van der Waals surface area contributed by atoms with Gasteiger partial charge in [0, 0.05) is 6.42 Å². The van der Waals surface area contributed by atoms with Crippen LogP contribution in [0.5, 0.6) is 0 Å². The predicted molar refractivity (Wildman–Crippen MR) is 286 cm³/mol. The molecule has 0 aromatic heterocycles. The Kier molecular flexibility index (Phi) is 46.9. The van der Waals surface area contributed by atoms with Crippen molar-refractivity contribution in [3.8, 4) is 0 Å². The molecule has 7 unspecified atom stereocenters. The standard InChI is InChI=1S/C59H113NO8/c1-3-5-7-9-11-13-15-17-19-20-21-22-23-24-25-26-27-28-29-30-31-32-33-34-35-36-38-40-42-44-46-48-53(62)52(51-67-59-58(66)57(65)56(64)54(50-61)68-59)60-55(63)49-47-45-43-41-39-37-18-16-14-12-10-8-6-4-2/h10,12,16,18,52-54,56-59,61-62,64-66H,3-9,11,13-15,17,19-51H2,1-2H3,(H,60,63)/b12-10-,18-16-. The first-order valence-electron chi connectivity index (χ1n) is 29.5. The molecule has 1 heterocycles. The molecule has 68 heavy (non-hydrogen) atoms. The van der Waals surface area contributed by atoms with E-state index in [9.17, 15) is 30.3 Å². The lowest BCUT2D eigenvalue weighted by Crippen LogP contribution is -2.60. The number of amides is 1. The lowest BCUT2D eigenvalue weighted by atomic mass is 9.99. The van der Waals surface area contributed by atoms with Crippen LogP contribution in [-0.4, -0.2) is 87.5 Å². The molecular formula is C59H113NO8. The first-order valence-corrected chi connectivity index (χ1v) is 29.5. The molecule has 0 saturated carbocycles. The quantitative estimate of drug-likeness (QED) is 0.0261. The summed E-state index contributed by atoms with van der Waals surface area (Å²) < 4.78 is 11.3. The molecule has 1 saturated heterocycles. The average Bonchev–Trinajstić information content (AvgIpc) is 3.34. The molecule has 0 aliphatic carbocycles. The third kappa shape index (κ3) is 38.4. The zero-order valence-corrected chi connectivity index (χ0v) is 44.6. The summed E-state index contributed by atoms with van der Waals surface area (Å²) in [5.74, 6) is -0.155. The summed E-state index contributed by atoms with van der Waals surface area (Å²) in [6, 6.07) is -0.725. The monoisotopic (exact) mass is 964 g/mol. The molecular weight excluding hydrogens is 851 g/mol. The van der Waals surface area contributed by atoms with E-state index in [1.54, 1.807) is 0 Å². The highest BCUT2D eigenvalue weighted by Gasteiger charge is 2.44. The molecule has 1 aliphatic rings. The van der Waals surface area contributed by atoms with Crippen molar-refractivity contribution in [3.05, 3.63) is 24.3 Å². The topological polar surface area (TPSA) is 149 Å². The van der Waals surface area contributed by atoms with Gasteiger partial charge in [0.15, 0.2) is 6.29 Å². The van der Waals surface area contributed by atoms with E-state index in [1.165, 1.54) is 199 Å². The minimum absolute atomic E-state index is 0.142. The zero-order chi connectivity index (χ0) is 49.4. The molecule has 0 spiro atoms. The molecule has 1 fully saturated rings. The molecule has 7 atom stereocenters. The lowest BCUT2D eigenvalue weighted by Gasteiger charge is -2.40. The second kappa shape index (κ2) is 49.3. The summed E-state index contributed by atoms with van der Waals surface area (Å²) in [7, 11) is 0. The summed E-state index contributed by atoms with van der Waals surface area (Å²) in [5.41, 5.74) is 0. The number of carbonyl (C=O) groups is 1. The maximum Gasteiger partial charge on any atom is 0.220 e. The maximum absolute atomic E-state index is 13.0. The highest BCUT2D eigenvalue weighted by molar-refractivity contribution is 5.76. The third-order valence-corrected chi connectivity index (χ3v) is 14.3. The molecule has 1 amide bonds. The molecule has 402 valence electrons. The number of allylic oxidation sites excluding steroid dienone is 4. The summed E-state index contributed by atoms with van der Waals surface area (Å²) in [4.78, 5) is 13.0. The van der Waals surface area contributed by atoms with E-state index in [-0.39, 0.29) is 12.5 Å². The van der Waals surface area contributed by atoms with Crippen LogP contribution < -0.4 is 5.32 Å². The zero-order valence-electron chi connectivity index (χ0n) is 44.6. The van der Waals surface area contributed by atoms with Gasteiger partial charge in [0.1, 0.15) is 24.4 Å². The Hall–Kier alpha value is -1.33. The van der Waals surface area contributed by atoms with Gasteiger partial charge >= 0.3 is 0 Å². The smallest absolute Gasteiger partial charge is 0.220 e. The lowest BCUT2D eigenvalue weighted by molar-refractivity contribution is -0.302. The van der Waals surface area contributed by atoms with Crippen LogP contribution in [0.4, 0.5) is 0 Å². The van der Waals surface area contributed by atoms with Gasteiger partial charge in [-0.3, -0.25) is 4.79 Å². The van der Waals surface area contributed by atoms with E-state index in [1.807, 2.05) is 0 Å². The molecule has 0 aromatic carbocycles. The second-order valence-corrected chi connectivity index (χ2v) is 20.8. The van der Waals surface area contributed by atoms with Gasteiger partial charge in [-0.2, -0.15) is 0 Å². The molecule has 9 heteroatoms. The number of nitrogens with one attached hydrogen (secondary N) is 1. The number of unbranched alkanes of at least 4 members (excludes halogenated alkanes) is 37. The second-order valence-electron chi connectivity index (χ2n) is 20.8. The van der Waals surface area contributed by atoms with Crippen molar-refractivity contribution < 1.29 is 39.8 Å². The summed E-state index contributed by atoms with van der Waals surface area (Å²) in [5, 5.41) is 54.6. The minimum atomic E-state index is -1.56. The number of hydrogen-bond donors (Lipinski definition) is 6. The number of aliphatic hydroxyl groups is 5. The van der Waals surface area contributed by atoms with Gasteiger partial charge in [0.05, 0.1) is 25.4 Å². The molecule has 1 rings (SSSR count). The number of ether oxygens (including phenoxy) is 2. The van der Waals surface area contributed by atoms with E-state index < -0.39 is 49.5 Å². The molecule has 0 radical (unpaired) electrons. The Balaban J connectivity index is 2.12. The fourth-order valence-corrected chi connectivity index (χ4v) is 9.59. The van der Waals surface area contributed by atoms with Crippen LogP contribution in [0.1, 0.15) is 290 Å². The average molecular weight is 965 g/mol. The van der Waals surface area contributed by atoms with Crippen LogP contribution >= 0.6 is 0 Å². The van der Waals surface area contributed by atoms with Crippen LogP contribution in [0.3, 0.4) is 0 Å². The van der Waals surface area contributed by atoms with Crippen molar-refractivity contribution in [3.63, 3.8) is 0 Å². The molecule has 6 N–H and O–H groups in total. The highest BCUT2D eigenvalue weighted by Crippen LogP contribution is 2.23. The number of hydrogen-bond acceptors (Lipinski definition) is 8. The van der Waals surface area contributed by atoms with Crippen molar-refractivity contribution in [1.82, 2.24) is 5.32 Å². The van der Waals surface area contributed by atoms with E-state index in [2.05, 4.69) is 43.5 Å². The first kappa shape index (κ1) is 64.7. The van der Waals surface area contributed by atoms with Gasteiger partial charge in [-0.25, -0.2) is 0 Å². The number of carbonyl (C=O) groups excluding carboxylic acids is 1. The van der Waals surface area contributed by atoms with Gasteiger partial charge < -0.3 is 40.3 Å². The third-order valence-electron chi connectivity index (χ3n) is 14.3. The van der Waals surface area contributed by atoms with Gasteiger partial charge in [0.25, 0.3) is 0 Å². The van der Waals surface area contributed by atoms with Crippen molar-refractivity contribution >= 4 is 5.91 Å². The molecule has 0 aromatic rings. The van der Waals surface area contributed by atoms with E-state index >= 15 is 0 Å². The summed E-state index contributed by atoms with van der Waals surface area (Å²) in [6.45, 7) is 3.81. The van der Waals surface area contributed by atoms with Crippen molar-refractivity contribution in [1.29, 1.82) is 0 Å². The van der Waals surface area contributed by atoms with Crippen LogP contribution in [0, 0.1) is 0 Å². The highest BCUT2D eigenvalue weighted by atomic mass is 16.7. The molecule has 9 nitrogen and oxygen atoms in total. The van der Waals surface area contributed by atoms with Crippen molar-refractivity contribution in [2.45, 2.75) is 333 Å². The van der Waals surface area contributed by atoms with Crippen LogP contribution in [-0.2, 0) is 14.3 Å². The van der Waals surface area contributed by atoms with Crippen molar-refractivity contribution in [2.24, 2.45) is 0 Å². The Bertz CT molecular complexity index is 1120. The van der Waals surface area contributed by atoms with Crippen molar-refractivity contribution in [2.75, 3.05) is 13.2 Å². The Morgan fingerprint density at radius 1 is 0.500 bits per heavy atom. The Morgan fingerprint density at radius 2 is 0.882 bits per heavy atom. The fraction of sp³-hybridized carbons (Fsp3) is 0.915. The molecule has 1 aliphatic heterocycles. The largest absolute Gasteiger partial charge is 0.394 e. The minimum Gasteiger partial charge on any atom is -0.394 e. The van der Waals surface area contributed by atoms with Gasteiger partial charge in [0.2, 0.25) is 5.91 Å². The van der Waals surface area contributed by atoms with Crippen LogP contribution in [0.25, 0.3) is 0 Å². The van der Waals surface area contributed by atoms with E-state index in [0.29, 0.717) is 12.8 Å². The van der Waals surface area contributed by atoms with Gasteiger partial charge in [-0.05, 0) is 38.5 Å². The first-order chi connectivity index (χ1) is 33.3. The van der Waals surface area contributed by atoms with Gasteiger partial charge in [-0.15, -0.1) is 0 Å². The number of aliphatic hydroxyl groups excluding tert-OH is 5. The van der Waals surface area contributed by atoms with Crippen LogP contribution in [0.2, 0.25) is 0 Å².